The average molecular weight is 256 g/mol. The van der Waals surface area contributed by atoms with Crippen LogP contribution in [0.4, 0.5) is 0 Å². The first-order chi connectivity index (χ1) is 8.14. The van der Waals surface area contributed by atoms with Crippen LogP contribution in [0, 0.1) is 10.8 Å². The molecule has 1 fully saturated rings. The molecule has 104 valence electrons. The van der Waals surface area contributed by atoms with Gasteiger partial charge >= 0.3 is 5.97 Å². The molecule has 1 rings (SSSR count). The molecule has 2 atom stereocenters. The van der Waals surface area contributed by atoms with Crippen LogP contribution in [0.3, 0.4) is 0 Å². The topological polar surface area (TPSA) is 83.6 Å². The zero-order chi connectivity index (χ0) is 14.1. The van der Waals surface area contributed by atoms with Crippen LogP contribution < -0.4 is 5.73 Å². The van der Waals surface area contributed by atoms with Crippen LogP contribution in [0.15, 0.2) is 0 Å². The Morgan fingerprint density at radius 3 is 2.33 bits per heavy atom. The van der Waals surface area contributed by atoms with Gasteiger partial charge in [-0.15, -0.1) is 0 Å². The molecule has 1 heterocycles. The van der Waals surface area contributed by atoms with E-state index in [9.17, 15) is 14.7 Å². The fraction of sp³-hybridized carbons (Fsp3) is 0.846. The number of hydrogen-bond donors (Lipinski definition) is 2. The molecule has 0 aliphatic carbocycles. The van der Waals surface area contributed by atoms with Crippen molar-refractivity contribution in [2.75, 3.05) is 13.1 Å². The lowest BCUT2D eigenvalue weighted by Crippen LogP contribution is -2.50. The van der Waals surface area contributed by atoms with Gasteiger partial charge in [-0.05, 0) is 18.3 Å². The summed E-state index contributed by atoms with van der Waals surface area (Å²) >= 11 is 0. The molecule has 18 heavy (non-hydrogen) atoms. The molecular weight excluding hydrogens is 232 g/mol. The van der Waals surface area contributed by atoms with Gasteiger partial charge in [0.15, 0.2) is 0 Å². The maximum Gasteiger partial charge on any atom is 0.311 e. The summed E-state index contributed by atoms with van der Waals surface area (Å²) in [5.41, 5.74) is 4.85. The van der Waals surface area contributed by atoms with Gasteiger partial charge in [-0.3, -0.25) is 9.59 Å². The molecule has 0 aromatic rings. The Kier molecular flexibility index (Phi) is 4.05. The third-order valence-electron chi connectivity index (χ3n) is 3.99. The summed E-state index contributed by atoms with van der Waals surface area (Å²) in [7, 11) is 0. The number of nitrogens with zero attached hydrogens (tertiary/aromatic N) is 1. The molecule has 0 saturated carbocycles. The molecular formula is C13H24N2O3. The second-order valence-corrected chi connectivity index (χ2v) is 6.29. The first-order valence-electron chi connectivity index (χ1n) is 6.42. The summed E-state index contributed by atoms with van der Waals surface area (Å²) in [6.07, 6.45) is 1.05. The van der Waals surface area contributed by atoms with Crippen molar-refractivity contribution in [3.05, 3.63) is 0 Å². The molecule has 0 bridgehead atoms. The van der Waals surface area contributed by atoms with E-state index in [-0.39, 0.29) is 17.9 Å². The molecule has 1 amide bonds. The van der Waals surface area contributed by atoms with Crippen LogP contribution in [-0.2, 0) is 9.59 Å². The van der Waals surface area contributed by atoms with Crippen LogP contribution in [0.25, 0.3) is 0 Å². The van der Waals surface area contributed by atoms with Crippen molar-refractivity contribution in [3.8, 4) is 0 Å². The zero-order valence-electron chi connectivity index (χ0n) is 11.7. The van der Waals surface area contributed by atoms with E-state index in [1.54, 1.807) is 4.90 Å². The maximum absolute atomic E-state index is 12.2. The van der Waals surface area contributed by atoms with Crippen LogP contribution >= 0.6 is 0 Å². The van der Waals surface area contributed by atoms with Gasteiger partial charge in [0.05, 0.1) is 11.5 Å². The Hall–Kier alpha value is -1.10. The summed E-state index contributed by atoms with van der Waals surface area (Å²) < 4.78 is 0. The van der Waals surface area contributed by atoms with E-state index in [2.05, 4.69) is 0 Å². The molecule has 5 nitrogen and oxygen atoms in total. The first kappa shape index (κ1) is 15.0. The van der Waals surface area contributed by atoms with Crippen LogP contribution in [-0.4, -0.2) is 41.0 Å². The van der Waals surface area contributed by atoms with Gasteiger partial charge in [-0.2, -0.15) is 0 Å². The number of carboxylic acid groups (broad SMARTS) is 1. The monoisotopic (exact) mass is 256 g/mol. The number of carboxylic acids is 1. The lowest BCUT2D eigenvalue weighted by atomic mass is 9.84. The van der Waals surface area contributed by atoms with E-state index in [4.69, 9.17) is 5.73 Å². The van der Waals surface area contributed by atoms with E-state index in [1.807, 2.05) is 27.7 Å². The number of carbonyl (C=O) groups excluding carboxylic acids is 1. The SMILES string of the molecule is CCC1(C(=O)O)CCN(C(=O)C(N)C(C)(C)C)C1. The Morgan fingerprint density at radius 1 is 1.44 bits per heavy atom. The third kappa shape index (κ3) is 2.66. The van der Waals surface area contributed by atoms with Gasteiger partial charge in [0.1, 0.15) is 0 Å². The van der Waals surface area contributed by atoms with E-state index in [0.29, 0.717) is 19.4 Å². The quantitative estimate of drug-likeness (QED) is 0.791. The third-order valence-corrected chi connectivity index (χ3v) is 3.99. The lowest BCUT2D eigenvalue weighted by molar-refractivity contribution is -0.148. The molecule has 5 heteroatoms. The van der Waals surface area contributed by atoms with Crippen molar-refractivity contribution in [1.29, 1.82) is 0 Å². The van der Waals surface area contributed by atoms with E-state index < -0.39 is 17.4 Å². The molecule has 1 aliphatic heterocycles. The molecule has 3 N–H and O–H groups in total. The number of likely N-dealkylation sites (tertiary alicyclic amines) is 1. The minimum absolute atomic E-state index is 0.140. The highest BCUT2D eigenvalue weighted by Crippen LogP contribution is 2.35. The zero-order valence-corrected chi connectivity index (χ0v) is 11.7. The van der Waals surface area contributed by atoms with Gasteiger partial charge in [-0.25, -0.2) is 0 Å². The molecule has 1 saturated heterocycles. The number of aliphatic carboxylic acids is 1. The number of nitrogens with two attached hydrogens (primary N) is 1. The normalized spacial score (nSPS) is 26.2. The summed E-state index contributed by atoms with van der Waals surface area (Å²) in [4.78, 5) is 25.2. The summed E-state index contributed by atoms with van der Waals surface area (Å²) in [5.74, 6) is -0.955. The standard InChI is InChI=1S/C13H24N2O3/c1-5-13(11(17)18)6-7-15(8-13)10(16)9(14)12(2,3)4/h9H,5-8,14H2,1-4H3,(H,17,18). The van der Waals surface area contributed by atoms with Gasteiger partial charge in [-0.1, -0.05) is 27.7 Å². The van der Waals surface area contributed by atoms with Crippen molar-refractivity contribution in [1.82, 2.24) is 4.90 Å². The summed E-state index contributed by atoms with van der Waals surface area (Å²) in [6.45, 7) is 8.36. The molecule has 0 aromatic carbocycles. The largest absolute Gasteiger partial charge is 0.481 e. The van der Waals surface area contributed by atoms with Gasteiger partial charge in [0.2, 0.25) is 5.91 Å². The lowest BCUT2D eigenvalue weighted by Gasteiger charge is -2.30. The summed E-state index contributed by atoms with van der Waals surface area (Å²) in [5, 5.41) is 9.29. The van der Waals surface area contributed by atoms with Crippen LogP contribution in [0.5, 0.6) is 0 Å². The van der Waals surface area contributed by atoms with Crippen molar-refractivity contribution < 1.29 is 14.7 Å². The highest BCUT2D eigenvalue weighted by molar-refractivity contribution is 5.84. The number of rotatable bonds is 3. The van der Waals surface area contributed by atoms with Gasteiger partial charge in [0, 0.05) is 13.1 Å². The number of hydrogen-bond acceptors (Lipinski definition) is 3. The predicted octanol–water partition coefficient (Wildman–Crippen LogP) is 1.07. The maximum atomic E-state index is 12.2. The smallest absolute Gasteiger partial charge is 0.311 e. The van der Waals surface area contributed by atoms with Gasteiger partial charge < -0.3 is 15.7 Å². The average Bonchev–Trinajstić information content (AvgIpc) is 2.71. The second-order valence-electron chi connectivity index (χ2n) is 6.29. The number of amides is 1. The Morgan fingerprint density at radius 2 is 2.00 bits per heavy atom. The van der Waals surface area contributed by atoms with E-state index in [1.165, 1.54) is 0 Å². The Balaban J connectivity index is 2.79. The Labute approximate surface area is 108 Å². The van der Waals surface area contributed by atoms with Crippen molar-refractivity contribution in [2.24, 2.45) is 16.6 Å². The molecule has 0 spiro atoms. The van der Waals surface area contributed by atoms with Crippen LogP contribution in [0.2, 0.25) is 0 Å². The van der Waals surface area contributed by atoms with Crippen molar-refractivity contribution >= 4 is 11.9 Å². The van der Waals surface area contributed by atoms with E-state index in [0.717, 1.165) is 0 Å². The summed E-state index contributed by atoms with van der Waals surface area (Å²) in [6, 6.07) is -0.584. The fourth-order valence-electron chi connectivity index (χ4n) is 2.24. The van der Waals surface area contributed by atoms with Crippen molar-refractivity contribution in [3.63, 3.8) is 0 Å². The number of carbonyl (C=O) groups is 2. The highest BCUT2D eigenvalue weighted by atomic mass is 16.4. The molecule has 0 aromatic heterocycles. The van der Waals surface area contributed by atoms with Crippen molar-refractivity contribution in [2.45, 2.75) is 46.6 Å². The van der Waals surface area contributed by atoms with Gasteiger partial charge in [0.25, 0.3) is 0 Å². The first-order valence-corrected chi connectivity index (χ1v) is 6.42. The van der Waals surface area contributed by atoms with E-state index >= 15 is 0 Å². The minimum atomic E-state index is -0.815. The molecule has 1 aliphatic rings. The highest BCUT2D eigenvalue weighted by Gasteiger charge is 2.46. The second kappa shape index (κ2) is 4.88. The predicted molar refractivity (Wildman–Crippen MR) is 69.0 cm³/mol. The minimum Gasteiger partial charge on any atom is -0.481 e. The van der Waals surface area contributed by atoms with Crippen LogP contribution in [0.1, 0.15) is 40.5 Å². The Bertz CT molecular complexity index is 349. The molecule has 2 unspecified atom stereocenters. The fourth-order valence-corrected chi connectivity index (χ4v) is 2.24. The molecule has 0 radical (unpaired) electrons.